The van der Waals surface area contributed by atoms with Crippen LogP contribution in [-0.2, 0) is 54.3 Å². The van der Waals surface area contributed by atoms with Crippen molar-refractivity contribution in [2.24, 2.45) is 29.4 Å². The molecular formula is C49H80N8O12. The predicted molar refractivity (Wildman–Crippen MR) is 257 cm³/mol. The van der Waals surface area contributed by atoms with Crippen molar-refractivity contribution in [2.45, 2.75) is 162 Å². The summed E-state index contributed by atoms with van der Waals surface area (Å²) in [4.78, 5) is 125. The molecule has 8 amide bonds. The zero-order valence-electron chi connectivity index (χ0n) is 42.5. The van der Waals surface area contributed by atoms with E-state index in [1.54, 1.807) is 39.8 Å². The number of likely N-dealkylation sites (N-methyl/N-ethyl adjacent to an activating group) is 2. The van der Waals surface area contributed by atoms with E-state index in [1.807, 2.05) is 45.9 Å². The molecule has 0 aromatic heterocycles. The van der Waals surface area contributed by atoms with Crippen LogP contribution in [0.1, 0.15) is 112 Å². The van der Waals surface area contributed by atoms with Gasteiger partial charge in [0.1, 0.15) is 36.3 Å². The predicted octanol–water partition coefficient (Wildman–Crippen LogP) is 0.789. The van der Waals surface area contributed by atoms with Gasteiger partial charge in [-0.2, -0.15) is 0 Å². The summed E-state index contributed by atoms with van der Waals surface area (Å²) in [5.41, 5.74) is 6.31. The van der Waals surface area contributed by atoms with Gasteiger partial charge in [-0.3, -0.25) is 38.4 Å². The number of hydrogen-bond donors (Lipinski definition) is 7. The summed E-state index contributed by atoms with van der Waals surface area (Å²) in [5.74, 6) is -7.36. The Hall–Kier alpha value is -5.63. The van der Waals surface area contributed by atoms with Crippen molar-refractivity contribution >= 4 is 53.2 Å². The second kappa shape index (κ2) is 28.8. The summed E-state index contributed by atoms with van der Waals surface area (Å²) < 4.78 is 4.94. The van der Waals surface area contributed by atoms with Crippen molar-refractivity contribution in [2.75, 3.05) is 34.3 Å². The maximum Gasteiger partial charge on any atom is 0.328 e. The van der Waals surface area contributed by atoms with E-state index in [1.165, 1.54) is 31.0 Å². The summed E-state index contributed by atoms with van der Waals surface area (Å²) >= 11 is 0. The first-order valence-electron chi connectivity index (χ1n) is 24.1. The molecular weight excluding hydrogens is 893 g/mol. The summed E-state index contributed by atoms with van der Waals surface area (Å²) in [5, 5.41) is 32.6. The lowest BCUT2D eigenvalue weighted by Gasteiger charge is -2.34. The number of carbonyl (C=O) groups excluding carboxylic acids is 9. The molecule has 0 unspecified atom stereocenters. The Labute approximate surface area is 407 Å². The molecule has 0 bridgehead atoms. The molecule has 0 saturated carbocycles. The van der Waals surface area contributed by atoms with Crippen LogP contribution in [0.4, 0.5) is 0 Å². The van der Waals surface area contributed by atoms with Gasteiger partial charge in [-0.15, -0.1) is 0 Å². The zero-order chi connectivity index (χ0) is 52.3. The molecule has 1 aromatic carbocycles. The minimum Gasteiger partial charge on any atom is -0.467 e. The van der Waals surface area contributed by atoms with Crippen LogP contribution in [0.3, 0.4) is 0 Å². The van der Waals surface area contributed by atoms with Crippen LogP contribution >= 0.6 is 0 Å². The van der Waals surface area contributed by atoms with E-state index >= 15 is 0 Å². The number of aliphatic hydroxyl groups is 2. The lowest BCUT2D eigenvalue weighted by Crippen LogP contribution is -2.59. The molecule has 1 fully saturated rings. The van der Waals surface area contributed by atoms with E-state index in [-0.39, 0.29) is 31.1 Å². The van der Waals surface area contributed by atoms with Crippen LogP contribution in [0.25, 0.3) is 0 Å². The Morgan fingerprint density at radius 3 is 1.94 bits per heavy atom. The number of aliphatic hydroxyl groups excluding tert-OH is 2. The largest absolute Gasteiger partial charge is 0.467 e. The smallest absolute Gasteiger partial charge is 0.328 e. The maximum absolute atomic E-state index is 14.0. The lowest BCUT2D eigenvalue weighted by molar-refractivity contribution is -0.154. The fourth-order valence-corrected chi connectivity index (χ4v) is 8.19. The number of nitrogens with two attached hydrogens (primary N) is 1. The third-order valence-corrected chi connectivity index (χ3v) is 12.9. The Balaban J connectivity index is 2.26. The van der Waals surface area contributed by atoms with E-state index in [0.29, 0.717) is 32.2 Å². The van der Waals surface area contributed by atoms with E-state index in [9.17, 15) is 53.4 Å². The maximum atomic E-state index is 14.0. The van der Waals surface area contributed by atoms with Crippen LogP contribution < -0.4 is 27.0 Å². The number of carbonyl (C=O) groups is 9. The minimum atomic E-state index is -1.52. The molecule has 10 atom stereocenters. The van der Waals surface area contributed by atoms with Crippen LogP contribution in [0.15, 0.2) is 30.3 Å². The molecule has 1 aromatic rings. The number of likely N-dealkylation sites (tertiary alicyclic amines) is 1. The number of hydrogen-bond acceptors (Lipinski definition) is 12. The van der Waals surface area contributed by atoms with Gasteiger partial charge in [0.2, 0.25) is 47.3 Å². The SMILES string of the molecule is CC[C@H](C)[C@H](NC(=O)C[C@H](O)[C@H](CC(C)C)NC(=O)[C@H](CC(N)=O)N(C)C(=O)[C@H](CC(C)C)NC(=O)[C@H](O)[C@@H](C)CC)C(=O)NCC(=O)N(C)[C@H](Cc1ccccc1)C(=O)N1CCC[C@H]1C(=O)OC. The van der Waals surface area contributed by atoms with Crippen molar-refractivity contribution in [3.63, 3.8) is 0 Å². The van der Waals surface area contributed by atoms with E-state index in [2.05, 4.69) is 21.3 Å². The molecule has 1 aliphatic rings. The molecule has 20 heteroatoms. The van der Waals surface area contributed by atoms with Crippen LogP contribution in [0.5, 0.6) is 0 Å². The average Bonchev–Trinajstić information content (AvgIpc) is 3.81. The summed E-state index contributed by atoms with van der Waals surface area (Å²) in [7, 11) is 3.98. The Kier molecular flexibility index (Phi) is 24.8. The highest BCUT2D eigenvalue weighted by Gasteiger charge is 2.41. The zero-order valence-corrected chi connectivity index (χ0v) is 42.5. The van der Waals surface area contributed by atoms with Gasteiger partial charge in [0.25, 0.3) is 0 Å². The van der Waals surface area contributed by atoms with Crippen LogP contribution in [-0.4, -0.2) is 161 Å². The van der Waals surface area contributed by atoms with Crippen molar-refractivity contribution in [1.82, 2.24) is 36.0 Å². The molecule has 388 valence electrons. The first-order chi connectivity index (χ1) is 32.4. The van der Waals surface area contributed by atoms with Crippen LogP contribution in [0, 0.1) is 23.7 Å². The molecule has 0 radical (unpaired) electrons. The van der Waals surface area contributed by atoms with Crippen molar-refractivity contribution in [3.05, 3.63) is 35.9 Å². The van der Waals surface area contributed by atoms with Crippen molar-refractivity contribution in [3.8, 4) is 0 Å². The van der Waals surface area contributed by atoms with E-state index in [4.69, 9.17) is 10.5 Å². The molecule has 1 aliphatic heterocycles. The number of rotatable bonds is 28. The van der Waals surface area contributed by atoms with Gasteiger partial charge in [0.15, 0.2) is 0 Å². The fraction of sp³-hybridized carbons (Fsp3) is 0.694. The van der Waals surface area contributed by atoms with E-state index in [0.717, 1.165) is 10.5 Å². The highest BCUT2D eigenvalue weighted by molar-refractivity contribution is 5.96. The van der Waals surface area contributed by atoms with Gasteiger partial charge in [-0.05, 0) is 54.9 Å². The first kappa shape index (κ1) is 59.5. The molecule has 20 nitrogen and oxygen atoms in total. The number of esters is 1. The Bertz CT molecular complexity index is 1900. The monoisotopic (exact) mass is 973 g/mol. The Morgan fingerprint density at radius 2 is 1.39 bits per heavy atom. The molecule has 0 spiro atoms. The molecule has 0 aliphatic carbocycles. The lowest BCUT2D eigenvalue weighted by atomic mass is 9.95. The summed E-state index contributed by atoms with van der Waals surface area (Å²) in [6.07, 6.45) is -1.74. The van der Waals surface area contributed by atoms with Gasteiger partial charge in [-0.1, -0.05) is 98.6 Å². The second-order valence-electron chi connectivity index (χ2n) is 19.2. The fourth-order valence-electron chi connectivity index (χ4n) is 8.19. The summed E-state index contributed by atoms with van der Waals surface area (Å²) in [6.45, 7) is 14.1. The number of methoxy groups -OCH3 is 1. The van der Waals surface area contributed by atoms with Gasteiger partial charge in [0, 0.05) is 27.1 Å². The van der Waals surface area contributed by atoms with Crippen LogP contribution in [0.2, 0.25) is 0 Å². The van der Waals surface area contributed by atoms with Gasteiger partial charge in [0.05, 0.1) is 38.6 Å². The van der Waals surface area contributed by atoms with Gasteiger partial charge in [-0.25, -0.2) is 4.79 Å². The number of ether oxygens (including phenoxy) is 1. The third kappa shape index (κ3) is 18.3. The molecule has 1 heterocycles. The van der Waals surface area contributed by atoms with Gasteiger partial charge >= 0.3 is 5.97 Å². The standard InChI is InChI=1S/C49H80N8O12/c1-12-30(7)42(45(64)51-27-41(61)55(9)37(24-32-18-15-14-16-19-32)48(67)57-21-17-20-35(57)49(68)69-11)54-40(60)26-38(58)33(22-28(3)4)52-44(63)36(25-39(50)59)56(10)47(66)34(23-29(5)6)53-46(65)43(62)31(8)13-2/h14-16,18-19,28-31,33-38,42-43,58,62H,12-13,17,20-27H2,1-11H3,(H2,50,59)(H,51,64)(H,52,63)(H,53,65)(H,54,60)/t30-,31-,33-,34-,35-,36-,37+,38-,42-,43+/m0/s1. The first-order valence-corrected chi connectivity index (χ1v) is 24.1. The number of primary amides is 1. The quantitative estimate of drug-likeness (QED) is 0.0574. The summed E-state index contributed by atoms with van der Waals surface area (Å²) in [6, 6.07) is 2.35. The third-order valence-electron chi connectivity index (χ3n) is 12.9. The number of nitrogens with one attached hydrogen (secondary N) is 4. The normalized spacial score (nSPS) is 17.5. The molecule has 69 heavy (non-hydrogen) atoms. The number of benzene rings is 1. The highest BCUT2D eigenvalue weighted by Crippen LogP contribution is 2.23. The van der Waals surface area contributed by atoms with Crippen molar-refractivity contribution in [1.29, 1.82) is 0 Å². The minimum absolute atomic E-state index is 0.104. The molecule has 2 rings (SSSR count). The molecule has 8 N–H and O–H groups in total. The number of nitrogens with zero attached hydrogens (tertiary/aromatic N) is 3. The topological polar surface area (TPSA) is 287 Å². The van der Waals surface area contributed by atoms with Crippen molar-refractivity contribution < 1.29 is 58.1 Å². The Morgan fingerprint density at radius 1 is 0.783 bits per heavy atom. The van der Waals surface area contributed by atoms with E-state index < -0.39 is 133 Å². The molecule has 1 saturated heterocycles. The number of amides is 8. The van der Waals surface area contributed by atoms with Gasteiger partial charge < -0.3 is 56.7 Å². The second-order valence-corrected chi connectivity index (χ2v) is 19.2. The average molecular weight is 973 g/mol. The highest BCUT2D eigenvalue weighted by atomic mass is 16.5.